The van der Waals surface area contributed by atoms with Crippen molar-refractivity contribution in [3.63, 3.8) is 0 Å². The van der Waals surface area contributed by atoms with Gasteiger partial charge in [-0.15, -0.1) is 0 Å². The molecule has 70 valence electrons. The number of hydrogen-bond donors (Lipinski definition) is 2. The lowest BCUT2D eigenvalue weighted by Crippen LogP contribution is -2.02. The van der Waals surface area contributed by atoms with Crippen LogP contribution < -0.4 is 11.5 Å². The first-order valence-corrected chi connectivity index (χ1v) is 4.23. The van der Waals surface area contributed by atoms with Gasteiger partial charge < -0.3 is 11.5 Å². The molecule has 6 heteroatoms. The summed E-state index contributed by atoms with van der Waals surface area (Å²) in [7, 11) is 0. The van der Waals surface area contributed by atoms with Crippen molar-refractivity contribution in [1.29, 1.82) is 0 Å². The van der Waals surface area contributed by atoms with E-state index in [1.54, 1.807) is 6.08 Å². The van der Waals surface area contributed by atoms with Crippen LogP contribution in [0.3, 0.4) is 0 Å². The van der Waals surface area contributed by atoms with Crippen LogP contribution in [-0.2, 0) is 6.42 Å². The average molecular weight is 219 g/mol. The Labute approximate surface area is 85.6 Å². The number of rotatable bonds is 2. The Kier molecular flexibility index (Phi) is 3.33. The van der Waals surface area contributed by atoms with Gasteiger partial charge in [-0.25, -0.2) is 9.97 Å². The quantitative estimate of drug-likeness (QED) is 0.789. The summed E-state index contributed by atoms with van der Waals surface area (Å²) in [6, 6.07) is 0. The van der Waals surface area contributed by atoms with Crippen molar-refractivity contribution in [2.75, 3.05) is 11.5 Å². The van der Waals surface area contributed by atoms with Gasteiger partial charge >= 0.3 is 0 Å². The Bertz CT molecular complexity index is 333. The van der Waals surface area contributed by atoms with Gasteiger partial charge in [-0.1, -0.05) is 23.2 Å². The molecular formula is C7H8Cl2N4. The number of aromatic nitrogens is 2. The molecule has 0 atom stereocenters. The predicted octanol–water partition coefficient (Wildman–Crippen LogP) is 1.50. The number of nitrogens with zero attached hydrogens (tertiary/aromatic N) is 2. The highest BCUT2D eigenvalue weighted by Gasteiger charge is 1.99. The Morgan fingerprint density at radius 3 is 2.69 bits per heavy atom. The van der Waals surface area contributed by atoms with Crippen molar-refractivity contribution in [3.05, 3.63) is 22.6 Å². The zero-order valence-corrected chi connectivity index (χ0v) is 8.18. The molecule has 4 nitrogen and oxygen atoms in total. The zero-order chi connectivity index (χ0) is 9.84. The molecule has 0 aromatic carbocycles. The van der Waals surface area contributed by atoms with E-state index in [4.69, 9.17) is 34.7 Å². The van der Waals surface area contributed by atoms with Gasteiger partial charge in [-0.05, 0) is 6.08 Å². The molecule has 0 radical (unpaired) electrons. The van der Waals surface area contributed by atoms with Crippen molar-refractivity contribution in [1.82, 2.24) is 9.97 Å². The molecule has 0 amide bonds. The van der Waals surface area contributed by atoms with E-state index in [0.29, 0.717) is 17.9 Å². The van der Waals surface area contributed by atoms with Gasteiger partial charge in [0, 0.05) is 6.42 Å². The fourth-order valence-electron chi connectivity index (χ4n) is 0.709. The summed E-state index contributed by atoms with van der Waals surface area (Å²) < 4.78 is 0.180. The minimum Gasteiger partial charge on any atom is -0.394 e. The second-order valence-electron chi connectivity index (χ2n) is 2.32. The third-order valence-electron chi connectivity index (χ3n) is 1.34. The van der Waals surface area contributed by atoms with E-state index in [-0.39, 0.29) is 10.3 Å². The van der Waals surface area contributed by atoms with E-state index < -0.39 is 0 Å². The highest BCUT2D eigenvalue weighted by Crippen LogP contribution is 2.11. The molecule has 0 unspecified atom stereocenters. The molecule has 0 saturated heterocycles. The maximum atomic E-state index is 5.46. The van der Waals surface area contributed by atoms with Crippen LogP contribution >= 0.6 is 23.2 Å². The molecule has 1 aromatic heterocycles. The van der Waals surface area contributed by atoms with Crippen LogP contribution in [0.1, 0.15) is 5.82 Å². The molecule has 1 heterocycles. The smallest absolute Gasteiger partial charge is 0.150 e. The summed E-state index contributed by atoms with van der Waals surface area (Å²) >= 11 is 10.8. The summed E-state index contributed by atoms with van der Waals surface area (Å²) in [4.78, 5) is 7.86. The number of halogens is 2. The van der Waals surface area contributed by atoms with Gasteiger partial charge in [-0.2, -0.15) is 0 Å². The van der Waals surface area contributed by atoms with Crippen LogP contribution in [0.5, 0.6) is 0 Å². The normalized spacial score (nSPS) is 9.69. The Balaban J connectivity index is 2.80. The molecule has 0 fully saturated rings. The summed E-state index contributed by atoms with van der Waals surface area (Å²) in [5.41, 5.74) is 11.3. The molecule has 0 bridgehead atoms. The van der Waals surface area contributed by atoms with Gasteiger partial charge in [0.2, 0.25) is 0 Å². The molecule has 0 aliphatic rings. The molecule has 4 N–H and O–H groups in total. The van der Waals surface area contributed by atoms with E-state index in [1.165, 1.54) is 6.20 Å². The first-order valence-electron chi connectivity index (χ1n) is 3.47. The molecule has 0 aliphatic heterocycles. The molecule has 0 aliphatic carbocycles. The fourth-order valence-corrected chi connectivity index (χ4v) is 0.864. The number of nitrogen functional groups attached to an aromatic ring is 2. The van der Waals surface area contributed by atoms with Crippen LogP contribution in [-0.4, -0.2) is 9.97 Å². The standard InChI is InChI=1S/C7H8Cl2N4/c8-5(9)1-2-6-12-3-4(10)7(11)13-6/h1,3H,2,10H2,(H2,11,12,13). The lowest BCUT2D eigenvalue weighted by molar-refractivity contribution is 0.999. The second-order valence-corrected chi connectivity index (χ2v) is 3.33. The Hall–Kier alpha value is -1.00. The van der Waals surface area contributed by atoms with Crippen molar-refractivity contribution < 1.29 is 0 Å². The molecule has 13 heavy (non-hydrogen) atoms. The summed E-state index contributed by atoms with van der Waals surface area (Å²) in [6.07, 6.45) is 3.47. The van der Waals surface area contributed by atoms with E-state index in [0.717, 1.165) is 0 Å². The van der Waals surface area contributed by atoms with Crippen molar-refractivity contribution in [3.8, 4) is 0 Å². The Morgan fingerprint density at radius 2 is 2.15 bits per heavy atom. The van der Waals surface area contributed by atoms with E-state index >= 15 is 0 Å². The fraction of sp³-hybridized carbons (Fsp3) is 0.143. The lowest BCUT2D eigenvalue weighted by atomic mass is 10.4. The molecule has 1 aromatic rings. The highest BCUT2D eigenvalue weighted by molar-refractivity contribution is 6.55. The number of anilines is 2. The molecule has 0 saturated carbocycles. The van der Waals surface area contributed by atoms with Gasteiger partial charge in [0.25, 0.3) is 0 Å². The van der Waals surface area contributed by atoms with Crippen LogP contribution in [0.15, 0.2) is 16.8 Å². The van der Waals surface area contributed by atoms with Gasteiger partial charge in [0.05, 0.1) is 11.9 Å². The minimum absolute atomic E-state index is 0.180. The van der Waals surface area contributed by atoms with E-state index in [2.05, 4.69) is 9.97 Å². The minimum atomic E-state index is 0.180. The molecule has 0 spiro atoms. The monoisotopic (exact) mass is 218 g/mol. The number of allylic oxidation sites excluding steroid dienone is 1. The first kappa shape index (κ1) is 10.1. The molecular weight excluding hydrogens is 211 g/mol. The summed E-state index contributed by atoms with van der Waals surface area (Å²) in [6.45, 7) is 0. The Morgan fingerprint density at radius 1 is 1.46 bits per heavy atom. The third-order valence-corrected chi connectivity index (χ3v) is 1.65. The predicted molar refractivity (Wildman–Crippen MR) is 54.3 cm³/mol. The van der Waals surface area contributed by atoms with Crippen molar-refractivity contribution in [2.45, 2.75) is 6.42 Å². The maximum Gasteiger partial charge on any atom is 0.150 e. The summed E-state index contributed by atoms with van der Waals surface area (Å²) in [5.74, 6) is 0.801. The van der Waals surface area contributed by atoms with Crippen LogP contribution in [0, 0.1) is 0 Å². The average Bonchev–Trinajstić information content (AvgIpc) is 2.07. The SMILES string of the molecule is Nc1cnc(CC=C(Cl)Cl)nc1N. The second kappa shape index (κ2) is 4.30. The van der Waals surface area contributed by atoms with E-state index in [1.807, 2.05) is 0 Å². The maximum absolute atomic E-state index is 5.46. The van der Waals surface area contributed by atoms with E-state index in [9.17, 15) is 0 Å². The topological polar surface area (TPSA) is 77.8 Å². The van der Waals surface area contributed by atoms with Gasteiger partial charge in [0.15, 0.2) is 0 Å². The first-order chi connectivity index (χ1) is 6.09. The summed E-state index contributed by atoms with van der Waals surface area (Å²) in [5, 5.41) is 0. The van der Waals surface area contributed by atoms with Gasteiger partial charge in [0.1, 0.15) is 16.1 Å². The highest BCUT2D eigenvalue weighted by atomic mass is 35.5. The number of nitrogens with two attached hydrogens (primary N) is 2. The largest absolute Gasteiger partial charge is 0.394 e. The lowest BCUT2D eigenvalue weighted by Gasteiger charge is -1.99. The van der Waals surface area contributed by atoms with Gasteiger partial charge in [-0.3, -0.25) is 0 Å². The van der Waals surface area contributed by atoms with Crippen molar-refractivity contribution >= 4 is 34.7 Å². The van der Waals surface area contributed by atoms with Crippen molar-refractivity contribution in [2.24, 2.45) is 0 Å². The van der Waals surface area contributed by atoms with Crippen LogP contribution in [0.4, 0.5) is 11.5 Å². The third kappa shape index (κ3) is 3.08. The zero-order valence-electron chi connectivity index (χ0n) is 6.67. The van der Waals surface area contributed by atoms with Crippen LogP contribution in [0.2, 0.25) is 0 Å². The van der Waals surface area contributed by atoms with Crippen LogP contribution in [0.25, 0.3) is 0 Å². The number of hydrogen-bond acceptors (Lipinski definition) is 4. The molecule has 1 rings (SSSR count).